The van der Waals surface area contributed by atoms with Crippen molar-refractivity contribution in [3.05, 3.63) is 47.9 Å². The Bertz CT molecular complexity index is 573. The van der Waals surface area contributed by atoms with E-state index in [-0.39, 0.29) is 12.1 Å². The molecule has 0 fully saturated rings. The molecule has 0 unspecified atom stereocenters. The van der Waals surface area contributed by atoms with Crippen LogP contribution < -0.4 is 5.32 Å². The smallest absolute Gasteiger partial charge is 0.316 e. The predicted octanol–water partition coefficient (Wildman–Crippen LogP) is 3.37. The third-order valence-electron chi connectivity index (χ3n) is 2.53. The van der Waals surface area contributed by atoms with Gasteiger partial charge in [0.1, 0.15) is 11.4 Å². The zero-order valence-electron chi connectivity index (χ0n) is 10.6. The number of hydrogen-bond acceptors (Lipinski definition) is 4. The summed E-state index contributed by atoms with van der Waals surface area (Å²) in [6.07, 6.45) is -1.45. The molecular weight excluding hydrogens is 287 g/mol. The van der Waals surface area contributed by atoms with Gasteiger partial charge >= 0.3 is 6.18 Å². The third-order valence-corrected chi connectivity index (χ3v) is 3.47. The van der Waals surface area contributed by atoms with Gasteiger partial charge < -0.3 is 5.32 Å². The zero-order valence-corrected chi connectivity index (χ0v) is 11.4. The standard InChI is InChI=1S/C13H12F3N3S/c1-17-7-9-2-3-10(6-11(9)13(14,15)16)20-12-4-5-18-8-19-12/h2-6,8,17H,7H2,1H3. The third kappa shape index (κ3) is 3.71. The summed E-state index contributed by atoms with van der Waals surface area (Å²) in [4.78, 5) is 8.25. The van der Waals surface area contributed by atoms with Gasteiger partial charge in [-0.25, -0.2) is 9.97 Å². The molecule has 0 aliphatic heterocycles. The molecule has 1 heterocycles. The van der Waals surface area contributed by atoms with Crippen molar-refractivity contribution in [3.8, 4) is 0 Å². The first kappa shape index (κ1) is 14.8. The summed E-state index contributed by atoms with van der Waals surface area (Å²) >= 11 is 1.17. The molecule has 2 rings (SSSR count). The molecule has 3 nitrogen and oxygen atoms in total. The first-order chi connectivity index (χ1) is 9.50. The summed E-state index contributed by atoms with van der Waals surface area (Å²) in [5.41, 5.74) is -0.391. The topological polar surface area (TPSA) is 37.8 Å². The Balaban J connectivity index is 2.32. The minimum Gasteiger partial charge on any atom is -0.316 e. The van der Waals surface area contributed by atoms with E-state index in [9.17, 15) is 13.2 Å². The van der Waals surface area contributed by atoms with Gasteiger partial charge in [-0.1, -0.05) is 17.8 Å². The lowest BCUT2D eigenvalue weighted by Crippen LogP contribution is -2.14. The van der Waals surface area contributed by atoms with E-state index in [0.717, 1.165) is 6.07 Å². The van der Waals surface area contributed by atoms with Crippen LogP contribution in [0.3, 0.4) is 0 Å². The average Bonchev–Trinajstić information content (AvgIpc) is 2.41. The highest BCUT2D eigenvalue weighted by Crippen LogP contribution is 2.36. The number of halogens is 3. The summed E-state index contributed by atoms with van der Waals surface area (Å²) in [6.45, 7) is 0.174. The fourth-order valence-corrected chi connectivity index (χ4v) is 2.47. The number of hydrogen-bond donors (Lipinski definition) is 1. The van der Waals surface area contributed by atoms with Crippen molar-refractivity contribution in [2.24, 2.45) is 0 Å². The Kier molecular flexibility index (Phi) is 4.61. The summed E-state index contributed by atoms with van der Waals surface area (Å²) in [5, 5.41) is 3.34. The molecule has 7 heteroatoms. The van der Waals surface area contributed by atoms with Crippen LogP contribution in [0.4, 0.5) is 13.2 Å². The van der Waals surface area contributed by atoms with Gasteiger partial charge in [-0.05, 0) is 30.8 Å². The van der Waals surface area contributed by atoms with Crippen LogP contribution in [-0.2, 0) is 12.7 Å². The van der Waals surface area contributed by atoms with Gasteiger partial charge in [-0.15, -0.1) is 0 Å². The molecule has 2 aromatic rings. The van der Waals surface area contributed by atoms with Crippen LogP contribution >= 0.6 is 11.8 Å². The second-order valence-corrected chi connectivity index (χ2v) is 5.09. The molecule has 1 aromatic carbocycles. The van der Waals surface area contributed by atoms with Crippen LogP contribution in [-0.4, -0.2) is 17.0 Å². The fourth-order valence-electron chi connectivity index (χ4n) is 1.69. The maximum Gasteiger partial charge on any atom is 0.416 e. The van der Waals surface area contributed by atoms with Crippen molar-refractivity contribution in [1.29, 1.82) is 0 Å². The first-order valence-corrected chi connectivity index (χ1v) is 6.61. The predicted molar refractivity (Wildman–Crippen MR) is 70.4 cm³/mol. The highest BCUT2D eigenvalue weighted by atomic mass is 32.2. The molecular formula is C13H12F3N3S. The molecule has 0 bridgehead atoms. The zero-order chi connectivity index (χ0) is 14.6. The van der Waals surface area contributed by atoms with Crippen molar-refractivity contribution < 1.29 is 13.2 Å². The minimum absolute atomic E-state index is 0.174. The molecule has 0 aliphatic rings. The second kappa shape index (κ2) is 6.23. The highest BCUT2D eigenvalue weighted by Gasteiger charge is 2.33. The van der Waals surface area contributed by atoms with Crippen LogP contribution in [0.1, 0.15) is 11.1 Å². The molecule has 1 aromatic heterocycles. The van der Waals surface area contributed by atoms with E-state index in [2.05, 4.69) is 15.3 Å². The van der Waals surface area contributed by atoms with E-state index in [0.29, 0.717) is 9.92 Å². The van der Waals surface area contributed by atoms with Crippen LogP contribution in [0.5, 0.6) is 0 Å². The molecule has 0 spiro atoms. The average molecular weight is 299 g/mol. The molecule has 0 saturated heterocycles. The van der Waals surface area contributed by atoms with Crippen LogP contribution in [0, 0.1) is 0 Å². The molecule has 1 N–H and O–H groups in total. The number of alkyl halides is 3. The van der Waals surface area contributed by atoms with E-state index in [4.69, 9.17) is 0 Å². The van der Waals surface area contributed by atoms with E-state index >= 15 is 0 Å². The summed E-state index contributed by atoms with van der Waals surface area (Å²) < 4.78 is 39.1. The Morgan fingerprint density at radius 3 is 2.65 bits per heavy atom. The molecule has 0 aliphatic carbocycles. The van der Waals surface area contributed by atoms with E-state index < -0.39 is 11.7 Å². The van der Waals surface area contributed by atoms with Crippen molar-refractivity contribution in [1.82, 2.24) is 15.3 Å². The fraction of sp³-hybridized carbons (Fsp3) is 0.231. The summed E-state index contributed by atoms with van der Waals surface area (Å²) in [5.74, 6) is 0. The van der Waals surface area contributed by atoms with Crippen LogP contribution in [0.25, 0.3) is 0 Å². The molecule has 0 amide bonds. The second-order valence-electron chi connectivity index (χ2n) is 4.00. The summed E-state index contributed by atoms with van der Waals surface area (Å²) in [7, 11) is 1.61. The summed E-state index contributed by atoms with van der Waals surface area (Å²) in [6, 6.07) is 5.95. The van der Waals surface area contributed by atoms with Gasteiger partial charge in [0, 0.05) is 17.6 Å². The van der Waals surface area contributed by atoms with Gasteiger partial charge in [0.25, 0.3) is 0 Å². The number of nitrogens with zero attached hydrogens (tertiary/aromatic N) is 2. The van der Waals surface area contributed by atoms with Gasteiger partial charge in [-0.2, -0.15) is 13.2 Å². The quantitative estimate of drug-likeness (QED) is 0.878. The maximum atomic E-state index is 13.0. The molecule has 0 atom stereocenters. The molecule has 0 radical (unpaired) electrons. The molecule has 0 saturated carbocycles. The monoisotopic (exact) mass is 299 g/mol. The Morgan fingerprint density at radius 2 is 2.05 bits per heavy atom. The Morgan fingerprint density at radius 1 is 1.25 bits per heavy atom. The normalized spacial score (nSPS) is 11.6. The number of nitrogens with one attached hydrogen (secondary N) is 1. The van der Waals surface area contributed by atoms with E-state index in [1.807, 2.05) is 0 Å². The lowest BCUT2D eigenvalue weighted by molar-refractivity contribution is -0.138. The van der Waals surface area contributed by atoms with Crippen LogP contribution in [0.15, 0.2) is 46.7 Å². The largest absolute Gasteiger partial charge is 0.416 e. The first-order valence-electron chi connectivity index (χ1n) is 5.79. The van der Waals surface area contributed by atoms with Crippen molar-refractivity contribution in [2.75, 3.05) is 7.05 Å². The van der Waals surface area contributed by atoms with Gasteiger partial charge in [0.2, 0.25) is 0 Å². The van der Waals surface area contributed by atoms with Crippen molar-refractivity contribution in [2.45, 2.75) is 22.6 Å². The Labute approximate surface area is 118 Å². The van der Waals surface area contributed by atoms with Crippen LogP contribution in [0.2, 0.25) is 0 Å². The minimum atomic E-state index is -4.37. The Hall–Kier alpha value is -1.60. The SMILES string of the molecule is CNCc1ccc(Sc2ccncn2)cc1C(F)(F)F. The van der Waals surface area contributed by atoms with E-state index in [1.165, 1.54) is 24.2 Å². The maximum absolute atomic E-state index is 13.0. The van der Waals surface area contributed by atoms with Gasteiger partial charge in [-0.3, -0.25) is 0 Å². The molecule has 20 heavy (non-hydrogen) atoms. The van der Waals surface area contributed by atoms with Crippen molar-refractivity contribution >= 4 is 11.8 Å². The lowest BCUT2D eigenvalue weighted by atomic mass is 10.1. The molecule has 106 valence electrons. The number of benzene rings is 1. The number of aromatic nitrogens is 2. The van der Waals surface area contributed by atoms with Crippen molar-refractivity contribution in [3.63, 3.8) is 0 Å². The number of rotatable bonds is 4. The highest BCUT2D eigenvalue weighted by molar-refractivity contribution is 7.99. The van der Waals surface area contributed by atoms with Gasteiger partial charge in [0.15, 0.2) is 0 Å². The van der Waals surface area contributed by atoms with Gasteiger partial charge in [0.05, 0.1) is 5.56 Å². The lowest BCUT2D eigenvalue weighted by Gasteiger charge is -2.14. The van der Waals surface area contributed by atoms with E-state index in [1.54, 1.807) is 25.4 Å².